The normalized spacial score (nSPS) is 33.4. The Morgan fingerprint density at radius 1 is 1.17 bits per heavy atom. The summed E-state index contributed by atoms with van der Waals surface area (Å²) in [6.45, 7) is 4.18. The molecule has 3 nitrogen and oxygen atoms in total. The highest BCUT2D eigenvalue weighted by Crippen LogP contribution is 2.28. The van der Waals surface area contributed by atoms with Crippen LogP contribution in [0.25, 0.3) is 0 Å². The number of hydrogen-bond donors (Lipinski definition) is 1. The van der Waals surface area contributed by atoms with Gasteiger partial charge in [0.05, 0.1) is 5.92 Å². The van der Waals surface area contributed by atoms with Gasteiger partial charge in [-0.05, 0) is 38.0 Å². The molecule has 1 saturated heterocycles. The quantitative estimate of drug-likeness (QED) is 0.839. The fraction of sp³-hybridized carbons (Fsp3) is 0.933. The van der Waals surface area contributed by atoms with Crippen molar-refractivity contribution in [2.45, 2.75) is 64.3 Å². The van der Waals surface area contributed by atoms with Gasteiger partial charge in [0, 0.05) is 19.1 Å². The smallest absolute Gasteiger partial charge is 0.227 e. The van der Waals surface area contributed by atoms with E-state index >= 15 is 0 Å². The molecule has 0 bridgehead atoms. The van der Waals surface area contributed by atoms with Crippen molar-refractivity contribution in [1.29, 1.82) is 0 Å². The molecule has 0 spiro atoms. The molecule has 3 atom stereocenters. The number of nitrogens with zero attached hydrogens (tertiary/aromatic N) is 1. The molecule has 0 aromatic carbocycles. The SMILES string of the molecule is CCCC1CCCN(C(=O)C2CCCC2N)CC1. The van der Waals surface area contributed by atoms with E-state index in [0.717, 1.165) is 38.3 Å². The zero-order valence-electron chi connectivity index (χ0n) is 11.7. The third-order valence-electron chi connectivity index (χ3n) is 4.74. The second-order valence-electron chi connectivity index (χ2n) is 6.11. The lowest BCUT2D eigenvalue weighted by Gasteiger charge is -2.26. The van der Waals surface area contributed by atoms with Crippen molar-refractivity contribution in [3.8, 4) is 0 Å². The predicted molar refractivity (Wildman–Crippen MR) is 74.1 cm³/mol. The monoisotopic (exact) mass is 252 g/mol. The van der Waals surface area contributed by atoms with Gasteiger partial charge in [-0.1, -0.05) is 26.2 Å². The van der Waals surface area contributed by atoms with E-state index in [4.69, 9.17) is 5.73 Å². The van der Waals surface area contributed by atoms with Crippen molar-refractivity contribution < 1.29 is 4.79 Å². The van der Waals surface area contributed by atoms with Crippen LogP contribution < -0.4 is 5.73 Å². The van der Waals surface area contributed by atoms with E-state index in [1.165, 1.54) is 32.1 Å². The summed E-state index contributed by atoms with van der Waals surface area (Å²) in [5.41, 5.74) is 6.05. The van der Waals surface area contributed by atoms with Gasteiger partial charge < -0.3 is 10.6 Å². The van der Waals surface area contributed by atoms with Crippen LogP contribution in [-0.2, 0) is 4.79 Å². The molecule has 0 radical (unpaired) electrons. The van der Waals surface area contributed by atoms with Gasteiger partial charge in [-0.2, -0.15) is 0 Å². The van der Waals surface area contributed by atoms with Crippen molar-refractivity contribution in [2.24, 2.45) is 17.6 Å². The lowest BCUT2D eigenvalue weighted by atomic mass is 9.96. The second-order valence-corrected chi connectivity index (χ2v) is 6.11. The maximum Gasteiger partial charge on any atom is 0.227 e. The summed E-state index contributed by atoms with van der Waals surface area (Å²) in [5.74, 6) is 1.30. The zero-order chi connectivity index (χ0) is 13.0. The molecule has 1 heterocycles. The average Bonchev–Trinajstić information content (AvgIpc) is 2.64. The third-order valence-corrected chi connectivity index (χ3v) is 4.74. The van der Waals surface area contributed by atoms with Gasteiger partial charge in [-0.25, -0.2) is 0 Å². The Morgan fingerprint density at radius 3 is 2.67 bits per heavy atom. The highest BCUT2D eigenvalue weighted by atomic mass is 16.2. The average molecular weight is 252 g/mol. The molecule has 1 aliphatic carbocycles. The molecule has 1 aliphatic heterocycles. The Kier molecular flexibility index (Phi) is 5.04. The Bertz CT molecular complexity index is 280. The molecule has 104 valence electrons. The van der Waals surface area contributed by atoms with E-state index in [1.54, 1.807) is 0 Å². The summed E-state index contributed by atoms with van der Waals surface area (Å²) in [6, 6.07) is 0.118. The van der Waals surface area contributed by atoms with E-state index in [9.17, 15) is 4.79 Å². The second kappa shape index (κ2) is 6.55. The summed E-state index contributed by atoms with van der Waals surface area (Å²) in [6.07, 6.45) is 9.44. The molecule has 1 saturated carbocycles. The van der Waals surface area contributed by atoms with Gasteiger partial charge in [0.1, 0.15) is 0 Å². The fourth-order valence-electron chi connectivity index (χ4n) is 3.61. The first-order valence-electron chi connectivity index (χ1n) is 7.76. The number of nitrogens with two attached hydrogens (primary N) is 1. The van der Waals surface area contributed by atoms with Crippen LogP contribution in [0.2, 0.25) is 0 Å². The molecule has 0 aromatic rings. The molecular formula is C15H28N2O. The van der Waals surface area contributed by atoms with Gasteiger partial charge in [0.15, 0.2) is 0 Å². The molecule has 2 rings (SSSR count). The number of likely N-dealkylation sites (tertiary alicyclic amines) is 1. The number of carbonyl (C=O) groups excluding carboxylic acids is 1. The van der Waals surface area contributed by atoms with Crippen molar-refractivity contribution >= 4 is 5.91 Å². The minimum absolute atomic E-state index is 0.118. The molecule has 3 heteroatoms. The molecule has 1 amide bonds. The maximum absolute atomic E-state index is 12.5. The molecule has 18 heavy (non-hydrogen) atoms. The third kappa shape index (κ3) is 3.25. The van der Waals surface area contributed by atoms with Gasteiger partial charge in [0.25, 0.3) is 0 Å². The lowest BCUT2D eigenvalue weighted by molar-refractivity contribution is -0.135. The van der Waals surface area contributed by atoms with E-state index < -0.39 is 0 Å². The van der Waals surface area contributed by atoms with E-state index in [0.29, 0.717) is 5.91 Å². The van der Waals surface area contributed by atoms with E-state index in [1.807, 2.05) is 0 Å². The molecule has 2 aliphatic rings. The number of rotatable bonds is 3. The minimum atomic E-state index is 0.118. The van der Waals surface area contributed by atoms with Crippen LogP contribution in [0, 0.1) is 11.8 Å². The number of carbonyl (C=O) groups is 1. The minimum Gasteiger partial charge on any atom is -0.342 e. The topological polar surface area (TPSA) is 46.3 Å². The largest absolute Gasteiger partial charge is 0.342 e. The first-order valence-corrected chi connectivity index (χ1v) is 7.76. The van der Waals surface area contributed by atoms with Crippen LogP contribution in [0.4, 0.5) is 0 Å². The van der Waals surface area contributed by atoms with E-state index in [2.05, 4.69) is 11.8 Å². The molecule has 3 unspecified atom stereocenters. The highest BCUT2D eigenvalue weighted by Gasteiger charge is 2.33. The first kappa shape index (κ1) is 13.9. The summed E-state index contributed by atoms with van der Waals surface area (Å²) < 4.78 is 0. The Labute approximate surface area is 111 Å². The molecule has 2 fully saturated rings. The van der Waals surface area contributed by atoms with Gasteiger partial charge >= 0.3 is 0 Å². The standard InChI is InChI=1S/C15H28N2O/c1-2-5-12-6-4-10-17(11-9-12)15(18)13-7-3-8-14(13)16/h12-14H,2-11,16H2,1H3. The van der Waals surface area contributed by atoms with Crippen LogP contribution in [0.3, 0.4) is 0 Å². The predicted octanol–water partition coefficient (Wildman–Crippen LogP) is 2.54. The van der Waals surface area contributed by atoms with Crippen LogP contribution in [-0.4, -0.2) is 29.9 Å². The van der Waals surface area contributed by atoms with Crippen LogP contribution in [0.5, 0.6) is 0 Å². The van der Waals surface area contributed by atoms with Crippen molar-refractivity contribution in [3.63, 3.8) is 0 Å². The Balaban J connectivity index is 1.87. The molecule has 0 aromatic heterocycles. The summed E-state index contributed by atoms with van der Waals surface area (Å²) in [7, 11) is 0. The van der Waals surface area contributed by atoms with Crippen molar-refractivity contribution in [2.75, 3.05) is 13.1 Å². The molecule has 2 N–H and O–H groups in total. The first-order chi connectivity index (χ1) is 8.72. The van der Waals surface area contributed by atoms with Gasteiger partial charge in [-0.15, -0.1) is 0 Å². The number of hydrogen-bond acceptors (Lipinski definition) is 2. The van der Waals surface area contributed by atoms with Gasteiger partial charge in [-0.3, -0.25) is 4.79 Å². The summed E-state index contributed by atoms with van der Waals surface area (Å²) >= 11 is 0. The molecular weight excluding hydrogens is 224 g/mol. The summed E-state index contributed by atoms with van der Waals surface area (Å²) in [4.78, 5) is 14.6. The number of amides is 1. The van der Waals surface area contributed by atoms with Crippen LogP contribution in [0.1, 0.15) is 58.3 Å². The lowest BCUT2D eigenvalue weighted by Crippen LogP contribution is -2.42. The van der Waals surface area contributed by atoms with Crippen LogP contribution in [0.15, 0.2) is 0 Å². The Morgan fingerprint density at radius 2 is 2.00 bits per heavy atom. The fourth-order valence-corrected chi connectivity index (χ4v) is 3.61. The zero-order valence-corrected chi connectivity index (χ0v) is 11.7. The van der Waals surface area contributed by atoms with Crippen molar-refractivity contribution in [3.05, 3.63) is 0 Å². The highest BCUT2D eigenvalue weighted by molar-refractivity contribution is 5.80. The van der Waals surface area contributed by atoms with Gasteiger partial charge in [0.2, 0.25) is 5.91 Å². The maximum atomic E-state index is 12.5. The van der Waals surface area contributed by atoms with Crippen molar-refractivity contribution in [1.82, 2.24) is 4.90 Å². The van der Waals surface area contributed by atoms with E-state index in [-0.39, 0.29) is 12.0 Å². The van der Waals surface area contributed by atoms with Crippen LogP contribution >= 0.6 is 0 Å². The summed E-state index contributed by atoms with van der Waals surface area (Å²) in [5, 5.41) is 0. The Hall–Kier alpha value is -0.570.